The van der Waals surface area contributed by atoms with Crippen molar-refractivity contribution < 1.29 is 4.79 Å². The highest BCUT2D eigenvalue weighted by atomic mass is 16.1. The highest BCUT2D eigenvalue weighted by molar-refractivity contribution is 6.04. The molecule has 2 aromatic rings. The Morgan fingerprint density at radius 3 is 2.65 bits per heavy atom. The molecule has 0 amide bonds. The third-order valence-electron chi connectivity index (χ3n) is 4.32. The fraction of sp³-hybridized carbons (Fsp3) is 0.412. The van der Waals surface area contributed by atoms with Crippen molar-refractivity contribution in [2.75, 3.05) is 0 Å². The SMILES string of the molecule is CCCn1cc(C(=O)C2(c3ccccc3)CCC2)cn1. The van der Waals surface area contributed by atoms with E-state index < -0.39 is 0 Å². The Morgan fingerprint density at radius 1 is 1.30 bits per heavy atom. The molecule has 1 saturated carbocycles. The van der Waals surface area contributed by atoms with Gasteiger partial charge in [-0.05, 0) is 24.8 Å². The van der Waals surface area contributed by atoms with Crippen LogP contribution in [0.4, 0.5) is 0 Å². The van der Waals surface area contributed by atoms with Gasteiger partial charge >= 0.3 is 0 Å². The van der Waals surface area contributed by atoms with E-state index in [0.717, 1.165) is 43.4 Å². The van der Waals surface area contributed by atoms with Crippen LogP contribution in [0.5, 0.6) is 0 Å². The second-order valence-electron chi connectivity index (χ2n) is 5.62. The molecule has 0 bridgehead atoms. The predicted octanol–water partition coefficient (Wildman–Crippen LogP) is 3.60. The molecule has 3 heteroatoms. The Bertz CT molecular complexity index is 596. The maximum absolute atomic E-state index is 12.9. The molecule has 1 fully saturated rings. The molecule has 0 unspecified atom stereocenters. The highest BCUT2D eigenvalue weighted by Crippen LogP contribution is 2.45. The first kappa shape index (κ1) is 13.1. The van der Waals surface area contributed by atoms with Crippen LogP contribution in [0.25, 0.3) is 0 Å². The molecule has 104 valence electrons. The first-order valence-electron chi connectivity index (χ1n) is 7.39. The first-order chi connectivity index (χ1) is 9.76. The molecular weight excluding hydrogens is 248 g/mol. The number of aromatic nitrogens is 2. The van der Waals surface area contributed by atoms with Gasteiger partial charge in [0.05, 0.1) is 17.2 Å². The number of hydrogen-bond donors (Lipinski definition) is 0. The molecule has 0 atom stereocenters. The molecule has 1 aromatic heterocycles. The molecule has 1 aliphatic carbocycles. The minimum Gasteiger partial charge on any atom is -0.293 e. The Hall–Kier alpha value is -1.90. The van der Waals surface area contributed by atoms with Gasteiger partial charge in [-0.2, -0.15) is 5.10 Å². The number of benzene rings is 1. The van der Waals surface area contributed by atoms with E-state index in [9.17, 15) is 4.79 Å². The van der Waals surface area contributed by atoms with Crippen LogP contribution in [0.15, 0.2) is 42.7 Å². The van der Waals surface area contributed by atoms with E-state index in [4.69, 9.17) is 0 Å². The lowest BCUT2D eigenvalue weighted by Crippen LogP contribution is -2.42. The van der Waals surface area contributed by atoms with Gasteiger partial charge in [0.15, 0.2) is 5.78 Å². The summed E-state index contributed by atoms with van der Waals surface area (Å²) in [6.07, 6.45) is 7.68. The van der Waals surface area contributed by atoms with Crippen molar-refractivity contribution in [3.05, 3.63) is 53.9 Å². The Kier molecular flexibility index (Phi) is 3.43. The molecule has 1 aromatic carbocycles. The van der Waals surface area contributed by atoms with E-state index in [1.165, 1.54) is 0 Å². The van der Waals surface area contributed by atoms with E-state index in [2.05, 4.69) is 24.2 Å². The summed E-state index contributed by atoms with van der Waals surface area (Å²) in [5.41, 5.74) is 1.60. The standard InChI is InChI=1S/C17H20N2O/c1-2-11-19-13-14(12-18-19)16(20)17(9-6-10-17)15-7-4-3-5-8-15/h3-5,7-8,12-13H,2,6,9-11H2,1H3. The van der Waals surface area contributed by atoms with Gasteiger partial charge in [0.2, 0.25) is 0 Å². The minimum absolute atomic E-state index is 0.234. The van der Waals surface area contributed by atoms with Crippen LogP contribution >= 0.6 is 0 Å². The predicted molar refractivity (Wildman–Crippen MR) is 78.8 cm³/mol. The van der Waals surface area contributed by atoms with E-state index in [1.807, 2.05) is 29.1 Å². The summed E-state index contributed by atoms with van der Waals surface area (Å²) in [4.78, 5) is 12.9. The number of nitrogens with zero attached hydrogens (tertiary/aromatic N) is 2. The molecule has 1 heterocycles. The lowest BCUT2D eigenvalue weighted by molar-refractivity contribution is 0.0789. The van der Waals surface area contributed by atoms with Crippen LogP contribution in [0.2, 0.25) is 0 Å². The third-order valence-corrected chi connectivity index (χ3v) is 4.32. The van der Waals surface area contributed by atoms with Crippen molar-refractivity contribution in [1.29, 1.82) is 0 Å². The number of Topliss-reactive ketones (excluding diaryl/α,β-unsaturated/α-hetero) is 1. The second-order valence-corrected chi connectivity index (χ2v) is 5.62. The van der Waals surface area contributed by atoms with Gasteiger partial charge in [-0.3, -0.25) is 9.48 Å². The topological polar surface area (TPSA) is 34.9 Å². The molecule has 0 N–H and O–H groups in total. The molecule has 0 spiro atoms. The average Bonchev–Trinajstić information content (AvgIpc) is 2.88. The number of hydrogen-bond acceptors (Lipinski definition) is 2. The summed E-state index contributed by atoms with van der Waals surface area (Å²) in [5, 5.41) is 4.29. The third kappa shape index (κ3) is 2.07. The van der Waals surface area contributed by atoms with Crippen LogP contribution in [0.3, 0.4) is 0 Å². The van der Waals surface area contributed by atoms with E-state index in [-0.39, 0.29) is 11.2 Å². The van der Waals surface area contributed by atoms with E-state index >= 15 is 0 Å². The molecular formula is C17H20N2O. The summed E-state index contributed by atoms with van der Waals surface area (Å²) in [5.74, 6) is 0.234. The van der Waals surface area contributed by atoms with Crippen LogP contribution in [0.1, 0.15) is 48.5 Å². The highest BCUT2D eigenvalue weighted by Gasteiger charge is 2.45. The fourth-order valence-electron chi connectivity index (χ4n) is 3.04. The van der Waals surface area contributed by atoms with Crippen LogP contribution in [-0.4, -0.2) is 15.6 Å². The van der Waals surface area contributed by atoms with Gasteiger partial charge in [-0.25, -0.2) is 0 Å². The van der Waals surface area contributed by atoms with Crippen LogP contribution in [0, 0.1) is 0 Å². The largest absolute Gasteiger partial charge is 0.293 e. The Labute approximate surface area is 119 Å². The van der Waals surface area contributed by atoms with Gasteiger partial charge in [-0.1, -0.05) is 43.7 Å². The van der Waals surface area contributed by atoms with Gasteiger partial charge in [0, 0.05) is 12.7 Å². The number of aryl methyl sites for hydroxylation is 1. The second kappa shape index (κ2) is 5.23. The molecule has 20 heavy (non-hydrogen) atoms. The summed E-state index contributed by atoms with van der Waals surface area (Å²) >= 11 is 0. The van der Waals surface area contributed by atoms with E-state index in [1.54, 1.807) is 6.20 Å². The van der Waals surface area contributed by atoms with Crippen LogP contribution < -0.4 is 0 Å². The lowest BCUT2D eigenvalue weighted by atomic mass is 9.61. The average molecular weight is 268 g/mol. The zero-order chi connectivity index (χ0) is 14.0. The molecule has 3 nitrogen and oxygen atoms in total. The maximum Gasteiger partial charge on any atom is 0.176 e. The van der Waals surface area contributed by atoms with Gasteiger partial charge in [0.1, 0.15) is 0 Å². The van der Waals surface area contributed by atoms with Gasteiger partial charge in [0.25, 0.3) is 0 Å². The van der Waals surface area contributed by atoms with Crippen molar-refractivity contribution in [1.82, 2.24) is 9.78 Å². The molecule has 3 rings (SSSR count). The summed E-state index contributed by atoms with van der Waals surface area (Å²) in [6.45, 7) is 2.98. The van der Waals surface area contributed by atoms with Crippen molar-refractivity contribution in [2.24, 2.45) is 0 Å². The maximum atomic E-state index is 12.9. The van der Waals surface area contributed by atoms with Crippen LogP contribution in [-0.2, 0) is 12.0 Å². The lowest BCUT2D eigenvalue weighted by Gasteiger charge is -2.40. The zero-order valence-corrected chi connectivity index (χ0v) is 11.9. The molecule has 1 aliphatic rings. The summed E-state index contributed by atoms with van der Waals surface area (Å²) < 4.78 is 1.87. The number of rotatable bonds is 5. The van der Waals surface area contributed by atoms with Crippen molar-refractivity contribution in [2.45, 2.75) is 44.6 Å². The Morgan fingerprint density at radius 2 is 2.05 bits per heavy atom. The summed E-state index contributed by atoms with van der Waals surface area (Å²) in [6, 6.07) is 10.2. The van der Waals surface area contributed by atoms with Gasteiger partial charge < -0.3 is 0 Å². The zero-order valence-electron chi connectivity index (χ0n) is 11.9. The Balaban J connectivity index is 1.91. The van der Waals surface area contributed by atoms with Gasteiger partial charge in [-0.15, -0.1) is 0 Å². The first-order valence-corrected chi connectivity index (χ1v) is 7.39. The number of carbonyl (C=O) groups is 1. The van der Waals surface area contributed by atoms with Crippen molar-refractivity contribution in [3.63, 3.8) is 0 Å². The molecule has 0 aliphatic heterocycles. The molecule has 0 saturated heterocycles. The molecule has 0 radical (unpaired) electrons. The monoisotopic (exact) mass is 268 g/mol. The number of carbonyl (C=O) groups excluding carboxylic acids is 1. The summed E-state index contributed by atoms with van der Waals surface area (Å²) in [7, 11) is 0. The fourth-order valence-corrected chi connectivity index (χ4v) is 3.04. The van der Waals surface area contributed by atoms with E-state index in [0.29, 0.717) is 0 Å². The van der Waals surface area contributed by atoms with Crippen molar-refractivity contribution >= 4 is 5.78 Å². The van der Waals surface area contributed by atoms with Crippen molar-refractivity contribution in [3.8, 4) is 0 Å². The smallest absolute Gasteiger partial charge is 0.176 e. The normalized spacial score (nSPS) is 16.6. The minimum atomic E-state index is -0.304. The number of ketones is 1. The quantitative estimate of drug-likeness (QED) is 0.777.